The molecule has 0 saturated heterocycles. The third-order valence-electron chi connectivity index (χ3n) is 5.92. The minimum atomic E-state index is -0.262. The van der Waals surface area contributed by atoms with Gasteiger partial charge < -0.3 is 15.0 Å². The molecule has 0 spiro atoms. The monoisotopic (exact) mass is 415 g/mol. The van der Waals surface area contributed by atoms with Crippen molar-refractivity contribution in [2.45, 2.75) is 46.8 Å². The van der Waals surface area contributed by atoms with Gasteiger partial charge in [0.05, 0.1) is 17.6 Å². The Morgan fingerprint density at radius 3 is 2.84 bits per heavy atom. The predicted molar refractivity (Wildman–Crippen MR) is 119 cm³/mol. The summed E-state index contributed by atoms with van der Waals surface area (Å²) in [4.78, 5) is 4.42. The smallest absolute Gasteiger partial charge is 0.171 e. The first-order valence-electron chi connectivity index (χ1n) is 10.5. The summed E-state index contributed by atoms with van der Waals surface area (Å²) in [6.07, 6.45) is 4.09. The summed E-state index contributed by atoms with van der Waals surface area (Å²) in [6, 6.07) is 8.25. The Morgan fingerprint density at radius 2 is 2.03 bits per heavy atom. The van der Waals surface area contributed by atoms with Crippen molar-refractivity contribution in [3.8, 4) is 28.3 Å². The van der Waals surface area contributed by atoms with Crippen LogP contribution in [0.3, 0.4) is 0 Å². The second-order valence-electron chi connectivity index (χ2n) is 8.04. The molecule has 0 radical (unpaired) electrons. The van der Waals surface area contributed by atoms with E-state index >= 15 is 0 Å². The maximum Gasteiger partial charge on any atom is 0.171 e. The van der Waals surface area contributed by atoms with Gasteiger partial charge in [0.2, 0.25) is 0 Å². The molecule has 31 heavy (non-hydrogen) atoms. The van der Waals surface area contributed by atoms with Gasteiger partial charge in [-0.05, 0) is 33.8 Å². The fraction of sp³-hybridized carbons (Fsp3) is 0.292. The molecule has 7 nitrogen and oxygen atoms in total. The van der Waals surface area contributed by atoms with Crippen molar-refractivity contribution >= 4 is 5.82 Å². The maximum atomic E-state index is 6.35. The summed E-state index contributed by atoms with van der Waals surface area (Å²) in [5.74, 6) is 1.69. The van der Waals surface area contributed by atoms with Crippen molar-refractivity contribution in [3.63, 3.8) is 0 Å². The van der Waals surface area contributed by atoms with Crippen LogP contribution in [0.1, 0.15) is 47.9 Å². The van der Waals surface area contributed by atoms with Crippen LogP contribution in [0.25, 0.3) is 22.6 Å². The summed E-state index contributed by atoms with van der Waals surface area (Å²) < 4.78 is 14.2. The number of fused-ring (bicyclic) bond motifs is 7. The fourth-order valence-electron chi connectivity index (χ4n) is 4.28. The van der Waals surface area contributed by atoms with Crippen molar-refractivity contribution in [1.29, 1.82) is 0 Å². The molecule has 1 aliphatic heterocycles. The summed E-state index contributed by atoms with van der Waals surface area (Å²) >= 11 is 0. The Bertz CT molecular complexity index is 1290. The van der Waals surface area contributed by atoms with Crippen LogP contribution >= 0.6 is 0 Å². The molecule has 5 rings (SSSR count). The quantitative estimate of drug-likeness (QED) is 0.477. The van der Waals surface area contributed by atoms with Crippen LogP contribution in [-0.4, -0.2) is 19.9 Å². The van der Waals surface area contributed by atoms with Crippen LogP contribution in [0.4, 0.5) is 5.82 Å². The number of nitrogen functional groups attached to an aromatic ring is 1. The van der Waals surface area contributed by atoms with Gasteiger partial charge in [-0.2, -0.15) is 5.10 Å². The van der Waals surface area contributed by atoms with E-state index in [0.29, 0.717) is 18.0 Å². The van der Waals surface area contributed by atoms with Crippen LogP contribution in [0.2, 0.25) is 0 Å². The van der Waals surface area contributed by atoms with E-state index in [-0.39, 0.29) is 6.10 Å². The van der Waals surface area contributed by atoms with Gasteiger partial charge in [-0.15, -0.1) is 0 Å². The van der Waals surface area contributed by atoms with Gasteiger partial charge in [0, 0.05) is 47.0 Å². The Morgan fingerprint density at radius 1 is 1.19 bits per heavy atom. The number of benzene rings is 1. The Balaban J connectivity index is 1.82. The second kappa shape index (κ2) is 7.27. The minimum absolute atomic E-state index is 0.262. The van der Waals surface area contributed by atoms with Crippen LogP contribution in [0.5, 0.6) is 5.75 Å². The lowest BCUT2D eigenvalue weighted by atomic mass is 9.93. The molecule has 158 valence electrons. The highest BCUT2D eigenvalue weighted by atomic mass is 16.5. The van der Waals surface area contributed by atoms with E-state index < -0.39 is 0 Å². The van der Waals surface area contributed by atoms with E-state index in [4.69, 9.17) is 15.0 Å². The number of aromatic nitrogens is 4. The Labute approximate surface area is 180 Å². The van der Waals surface area contributed by atoms with Crippen LogP contribution in [-0.2, 0) is 13.0 Å². The van der Waals surface area contributed by atoms with Crippen molar-refractivity contribution < 1.29 is 9.26 Å². The lowest BCUT2D eigenvalue weighted by Gasteiger charge is -2.21. The molecular weight excluding hydrogens is 390 g/mol. The number of rotatable bonds is 1. The number of pyridine rings is 1. The van der Waals surface area contributed by atoms with E-state index in [2.05, 4.69) is 47.3 Å². The summed E-state index contributed by atoms with van der Waals surface area (Å²) in [7, 11) is 0. The maximum absolute atomic E-state index is 6.35. The summed E-state index contributed by atoms with van der Waals surface area (Å²) in [5, 5.41) is 8.91. The van der Waals surface area contributed by atoms with Gasteiger partial charge in [-0.3, -0.25) is 4.68 Å². The van der Waals surface area contributed by atoms with Crippen LogP contribution in [0, 0.1) is 13.8 Å². The number of aryl methyl sites for hydroxylation is 3. The summed E-state index contributed by atoms with van der Waals surface area (Å²) in [5.41, 5.74) is 14.3. The molecule has 1 atom stereocenters. The largest absolute Gasteiger partial charge is 0.482 e. The van der Waals surface area contributed by atoms with Gasteiger partial charge in [-0.25, -0.2) is 4.98 Å². The SMILES string of the molecule is CCn1ncc2c1-c1cnc(N)c(c1)OC(C)c1cc(C)ccc1-c1onc(C)c1C2. The first-order valence-corrected chi connectivity index (χ1v) is 10.5. The van der Waals surface area contributed by atoms with Crippen molar-refractivity contribution in [2.75, 3.05) is 5.73 Å². The third kappa shape index (κ3) is 3.17. The minimum Gasteiger partial charge on any atom is -0.482 e. The zero-order chi connectivity index (χ0) is 21.7. The van der Waals surface area contributed by atoms with Gasteiger partial charge in [0.1, 0.15) is 6.10 Å². The van der Waals surface area contributed by atoms with E-state index in [1.807, 2.05) is 30.8 Å². The molecule has 7 heteroatoms. The molecular formula is C24H25N5O2. The predicted octanol–water partition coefficient (Wildman–Crippen LogP) is 4.86. The van der Waals surface area contributed by atoms with Gasteiger partial charge >= 0.3 is 0 Å². The van der Waals surface area contributed by atoms with Crippen LogP contribution in [0.15, 0.2) is 41.2 Å². The average Bonchev–Trinajstić information content (AvgIpc) is 3.33. The molecule has 3 aromatic heterocycles. The second-order valence-corrected chi connectivity index (χ2v) is 8.04. The normalized spacial score (nSPS) is 15.2. The van der Waals surface area contributed by atoms with Crippen molar-refractivity contribution in [3.05, 3.63) is 64.6 Å². The molecule has 4 aromatic rings. The van der Waals surface area contributed by atoms with Gasteiger partial charge in [0.15, 0.2) is 17.3 Å². The number of anilines is 1. The molecule has 0 aliphatic carbocycles. The van der Waals surface area contributed by atoms with Gasteiger partial charge in [-0.1, -0.05) is 28.9 Å². The van der Waals surface area contributed by atoms with E-state index in [9.17, 15) is 0 Å². The van der Waals surface area contributed by atoms with Gasteiger partial charge in [0.25, 0.3) is 0 Å². The highest BCUT2D eigenvalue weighted by Gasteiger charge is 2.25. The van der Waals surface area contributed by atoms with Crippen molar-refractivity contribution in [2.24, 2.45) is 0 Å². The van der Waals surface area contributed by atoms with Crippen LogP contribution < -0.4 is 10.5 Å². The number of nitrogens with two attached hydrogens (primary N) is 1. The van der Waals surface area contributed by atoms with Crippen molar-refractivity contribution in [1.82, 2.24) is 19.9 Å². The molecule has 0 saturated carbocycles. The third-order valence-corrected chi connectivity index (χ3v) is 5.92. The highest BCUT2D eigenvalue weighted by molar-refractivity contribution is 5.71. The van der Waals surface area contributed by atoms with E-state index in [1.54, 1.807) is 6.20 Å². The Hall–Kier alpha value is -3.61. The molecule has 0 fully saturated rings. The zero-order valence-electron chi connectivity index (χ0n) is 18.1. The lowest BCUT2D eigenvalue weighted by Crippen LogP contribution is -2.09. The molecule has 0 amide bonds. The first kappa shape index (κ1) is 19.4. The highest BCUT2D eigenvalue weighted by Crippen LogP contribution is 2.39. The lowest BCUT2D eigenvalue weighted by molar-refractivity contribution is 0.228. The molecule has 2 N–H and O–H groups in total. The number of hydrogen-bond acceptors (Lipinski definition) is 6. The summed E-state index contributed by atoms with van der Waals surface area (Å²) in [6.45, 7) is 8.87. The van der Waals surface area contributed by atoms with E-state index in [0.717, 1.165) is 57.1 Å². The number of ether oxygens (including phenoxy) is 1. The fourth-order valence-corrected chi connectivity index (χ4v) is 4.28. The van der Waals surface area contributed by atoms with E-state index in [1.165, 1.54) is 0 Å². The average molecular weight is 415 g/mol. The molecule has 1 unspecified atom stereocenters. The topological polar surface area (TPSA) is 92.0 Å². The molecule has 1 aliphatic rings. The molecule has 4 heterocycles. The first-order chi connectivity index (χ1) is 15.0. The number of hydrogen-bond donors (Lipinski definition) is 1. The Kier molecular flexibility index (Phi) is 4.54. The number of nitrogens with zero attached hydrogens (tertiary/aromatic N) is 4. The zero-order valence-corrected chi connectivity index (χ0v) is 18.1. The molecule has 1 aromatic carbocycles. The molecule has 2 bridgehead atoms. The standard InChI is InChI=1S/C24H25N5O2/c1-5-29-22-16(12-27-29)9-19-14(3)28-31-23(19)18-7-6-13(2)8-20(18)15(4)30-21-10-17(22)11-26-24(21)25/h6-8,10-12,15H,5,9H2,1-4H3,(H2,25,26).